The summed E-state index contributed by atoms with van der Waals surface area (Å²) < 4.78 is 7.74. The van der Waals surface area contributed by atoms with Gasteiger partial charge in [0.15, 0.2) is 0 Å². The van der Waals surface area contributed by atoms with Gasteiger partial charge >= 0.3 is 0 Å². The molecule has 2 aromatic rings. The molecule has 1 unspecified atom stereocenters. The molecule has 1 aromatic heterocycles. The van der Waals surface area contributed by atoms with Gasteiger partial charge in [0.05, 0.1) is 13.7 Å². The van der Waals surface area contributed by atoms with Gasteiger partial charge in [0, 0.05) is 44.0 Å². The Morgan fingerprint density at radius 3 is 2.67 bits per heavy atom. The van der Waals surface area contributed by atoms with E-state index in [9.17, 15) is 9.59 Å². The van der Waals surface area contributed by atoms with E-state index in [1.807, 2.05) is 54.4 Å². The first kappa shape index (κ1) is 19.0. The van der Waals surface area contributed by atoms with Gasteiger partial charge in [-0.2, -0.15) is 0 Å². The molecule has 3 rings (SSSR count). The number of nitrogens with zero attached hydrogens (tertiary/aromatic N) is 3. The normalized spacial score (nSPS) is 16.0. The van der Waals surface area contributed by atoms with Crippen molar-refractivity contribution in [1.29, 1.82) is 0 Å². The van der Waals surface area contributed by atoms with Crippen LogP contribution in [0.25, 0.3) is 0 Å². The van der Waals surface area contributed by atoms with Gasteiger partial charge in [-0.05, 0) is 24.6 Å². The second-order valence-corrected chi connectivity index (χ2v) is 6.80. The summed E-state index contributed by atoms with van der Waals surface area (Å²) in [6, 6.07) is 11.6. The van der Waals surface area contributed by atoms with Crippen molar-refractivity contribution in [3.63, 3.8) is 0 Å². The largest absolute Gasteiger partial charge is 0.496 e. The number of hydrogen-bond acceptors (Lipinski definition) is 3. The summed E-state index contributed by atoms with van der Waals surface area (Å²) in [4.78, 5) is 28.6. The predicted molar refractivity (Wildman–Crippen MR) is 104 cm³/mol. The van der Waals surface area contributed by atoms with Gasteiger partial charge in [-0.3, -0.25) is 9.59 Å². The minimum Gasteiger partial charge on any atom is -0.496 e. The van der Waals surface area contributed by atoms with E-state index in [1.54, 1.807) is 12.0 Å². The molecule has 2 heterocycles. The lowest BCUT2D eigenvalue weighted by atomic mass is 9.98. The first-order valence-corrected chi connectivity index (χ1v) is 9.39. The van der Waals surface area contributed by atoms with E-state index in [1.165, 1.54) is 6.92 Å². The van der Waals surface area contributed by atoms with Crippen molar-refractivity contribution in [3.05, 3.63) is 53.9 Å². The molecule has 0 N–H and O–H groups in total. The summed E-state index contributed by atoms with van der Waals surface area (Å²) in [5.41, 5.74) is 2.02. The maximum atomic E-state index is 13.2. The highest BCUT2D eigenvalue weighted by Crippen LogP contribution is 2.37. The summed E-state index contributed by atoms with van der Waals surface area (Å²) in [6.07, 6.45) is 2.87. The summed E-state index contributed by atoms with van der Waals surface area (Å²) in [5, 5.41) is 0. The highest BCUT2D eigenvalue weighted by Gasteiger charge is 2.34. The van der Waals surface area contributed by atoms with E-state index in [4.69, 9.17) is 4.74 Å². The number of para-hydroxylation sites is 1. The summed E-state index contributed by atoms with van der Waals surface area (Å²) in [6.45, 7) is 5.56. The standard InChI is InChI=1S/C21H27N3O3/c1-4-11-23(16(2)25)15-20(26)24-14-13-22-12-7-9-18(22)21(24)17-8-5-6-10-19(17)27-3/h5-10,12,21H,4,11,13-15H2,1-3H3. The first-order chi connectivity index (χ1) is 13.1. The Morgan fingerprint density at radius 1 is 1.19 bits per heavy atom. The Balaban J connectivity index is 1.96. The molecule has 1 aliphatic rings. The number of ether oxygens (including phenoxy) is 1. The monoisotopic (exact) mass is 369 g/mol. The minimum absolute atomic E-state index is 0.0398. The van der Waals surface area contributed by atoms with Crippen LogP contribution in [-0.4, -0.2) is 52.9 Å². The summed E-state index contributed by atoms with van der Waals surface area (Å²) in [7, 11) is 1.64. The number of benzene rings is 1. The molecule has 2 amide bonds. The number of aromatic nitrogens is 1. The van der Waals surface area contributed by atoms with Crippen LogP contribution in [0.1, 0.15) is 37.6 Å². The van der Waals surface area contributed by atoms with E-state index in [-0.39, 0.29) is 24.4 Å². The first-order valence-electron chi connectivity index (χ1n) is 9.39. The van der Waals surface area contributed by atoms with Crippen molar-refractivity contribution in [3.8, 4) is 5.75 Å². The molecule has 1 aliphatic heterocycles. The summed E-state index contributed by atoms with van der Waals surface area (Å²) >= 11 is 0. The number of rotatable bonds is 6. The van der Waals surface area contributed by atoms with Crippen LogP contribution >= 0.6 is 0 Å². The molecular weight excluding hydrogens is 342 g/mol. The highest BCUT2D eigenvalue weighted by atomic mass is 16.5. The van der Waals surface area contributed by atoms with Gasteiger partial charge in [-0.15, -0.1) is 0 Å². The lowest BCUT2D eigenvalue weighted by Crippen LogP contribution is -2.47. The smallest absolute Gasteiger partial charge is 0.243 e. The van der Waals surface area contributed by atoms with E-state index >= 15 is 0 Å². The Labute approximate surface area is 160 Å². The molecule has 144 valence electrons. The van der Waals surface area contributed by atoms with Crippen LogP contribution in [0, 0.1) is 0 Å². The number of carbonyl (C=O) groups excluding carboxylic acids is 2. The van der Waals surface area contributed by atoms with Crippen LogP contribution in [0.2, 0.25) is 0 Å². The van der Waals surface area contributed by atoms with Crippen molar-refractivity contribution in [2.24, 2.45) is 0 Å². The Hall–Kier alpha value is -2.76. The molecule has 0 fully saturated rings. The number of hydrogen-bond donors (Lipinski definition) is 0. The van der Waals surface area contributed by atoms with Gasteiger partial charge in [0.25, 0.3) is 0 Å². The zero-order valence-electron chi connectivity index (χ0n) is 16.2. The molecule has 0 saturated carbocycles. The maximum absolute atomic E-state index is 13.2. The third kappa shape index (κ3) is 3.84. The topological polar surface area (TPSA) is 54.8 Å². The molecule has 0 spiro atoms. The van der Waals surface area contributed by atoms with E-state index in [2.05, 4.69) is 4.57 Å². The van der Waals surface area contributed by atoms with Gasteiger partial charge < -0.3 is 19.1 Å². The fourth-order valence-corrected chi connectivity index (χ4v) is 3.74. The third-order valence-corrected chi connectivity index (χ3v) is 5.06. The Kier molecular flexibility index (Phi) is 5.84. The van der Waals surface area contributed by atoms with Crippen LogP contribution < -0.4 is 4.74 Å². The molecule has 1 atom stereocenters. The minimum atomic E-state index is -0.229. The average Bonchev–Trinajstić information content (AvgIpc) is 3.15. The second-order valence-electron chi connectivity index (χ2n) is 6.80. The number of carbonyl (C=O) groups is 2. The molecule has 0 bridgehead atoms. The highest BCUT2D eigenvalue weighted by molar-refractivity contribution is 5.84. The number of amides is 2. The average molecular weight is 369 g/mol. The van der Waals surface area contributed by atoms with Crippen LogP contribution in [0.3, 0.4) is 0 Å². The number of methoxy groups -OCH3 is 1. The van der Waals surface area contributed by atoms with Crippen molar-refractivity contribution in [2.45, 2.75) is 32.9 Å². The molecule has 27 heavy (non-hydrogen) atoms. The van der Waals surface area contributed by atoms with Crippen LogP contribution in [-0.2, 0) is 16.1 Å². The lowest BCUT2D eigenvalue weighted by Gasteiger charge is -2.38. The second kappa shape index (κ2) is 8.29. The Morgan fingerprint density at radius 2 is 1.96 bits per heavy atom. The van der Waals surface area contributed by atoms with Crippen molar-refractivity contribution < 1.29 is 14.3 Å². The van der Waals surface area contributed by atoms with Crippen molar-refractivity contribution in [1.82, 2.24) is 14.4 Å². The molecule has 0 radical (unpaired) electrons. The van der Waals surface area contributed by atoms with Gasteiger partial charge in [-0.1, -0.05) is 25.1 Å². The van der Waals surface area contributed by atoms with Crippen molar-refractivity contribution >= 4 is 11.8 Å². The zero-order valence-corrected chi connectivity index (χ0v) is 16.2. The zero-order chi connectivity index (χ0) is 19.4. The molecule has 6 nitrogen and oxygen atoms in total. The lowest BCUT2D eigenvalue weighted by molar-refractivity contribution is -0.141. The van der Waals surface area contributed by atoms with E-state index in [0.29, 0.717) is 13.1 Å². The SMILES string of the molecule is CCCN(CC(=O)N1CCn2cccc2C1c1ccccc1OC)C(C)=O. The fraction of sp³-hybridized carbons (Fsp3) is 0.429. The predicted octanol–water partition coefficient (Wildman–Crippen LogP) is 2.69. The van der Waals surface area contributed by atoms with Gasteiger partial charge in [-0.25, -0.2) is 0 Å². The Bertz CT molecular complexity index is 815. The maximum Gasteiger partial charge on any atom is 0.243 e. The van der Waals surface area contributed by atoms with Gasteiger partial charge in [0.2, 0.25) is 11.8 Å². The number of fused-ring (bicyclic) bond motifs is 1. The molecule has 0 saturated heterocycles. The van der Waals surface area contributed by atoms with Crippen LogP contribution in [0.5, 0.6) is 5.75 Å². The van der Waals surface area contributed by atoms with Crippen LogP contribution in [0.4, 0.5) is 0 Å². The fourth-order valence-electron chi connectivity index (χ4n) is 3.74. The molecule has 6 heteroatoms. The molecule has 1 aromatic carbocycles. The van der Waals surface area contributed by atoms with E-state index < -0.39 is 0 Å². The quantitative estimate of drug-likeness (QED) is 0.787. The van der Waals surface area contributed by atoms with Crippen LogP contribution in [0.15, 0.2) is 42.6 Å². The van der Waals surface area contributed by atoms with E-state index in [0.717, 1.165) is 30.0 Å². The molecule has 0 aliphatic carbocycles. The third-order valence-electron chi connectivity index (χ3n) is 5.06. The van der Waals surface area contributed by atoms with Crippen molar-refractivity contribution in [2.75, 3.05) is 26.7 Å². The summed E-state index contributed by atoms with van der Waals surface area (Å²) in [5.74, 6) is 0.647. The van der Waals surface area contributed by atoms with Gasteiger partial charge in [0.1, 0.15) is 11.8 Å². The molecular formula is C21H27N3O3.